The van der Waals surface area contributed by atoms with E-state index in [0.717, 1.165) is 5.92 Å². The highest BCUT2D eigenvalue weighted by atomic mass is 79.9. The maximum absolute atomic E-state index is 2.32. The van der Waals surface area contributed by atoms with Crippen molar-refractivity contribution in [1.82, 2.24) is 0 Å². The summed E-state index contributed by atoms with van der Waals surface area (Å²) < 4.78 is 2.32. The summed E-state index contributed by atoms with van der Waals surface area (Å²) in [6.07, 6.45) is 11.6. The van der Waals surface area contributed by atoms with Gasteiger partial charge in [-0.25, -0.2) is 4.57 Å². The van der Waals surface area contributed by atoms with E-state index in [1.54, 1.807) is 0 Å². The van der Waals surface area contributed by atoms with Gasteiger partial charge in [-0.1, -0.05) is 25.3 Å². The first-order chi connectivity index (χ1) is 6.45. The second-order valence-corrected chi connectivity index (χ2v) is 4.08. The Labute approximate surface area is 96.9 Å². The molecule has 0 aromatic carbocycles. The van der Waals surface area contributed by atoms with Crippen molar-refractivity contribution in [3.8, 4) is 0 Å². The van der Waals surface area contributed by atoms with Gasteiger partial charge in [-0.3, -0.25) is 0 Å². The fourth-order valence-electron chi connectivity index (χ4n) is 2.22. The minimum absolute atomic E-state index is 0. The monoisotopic (exact) mass is 255 g/mol. The van der Waals surface area contributed by atoms with Crippen LogP contribution in [0.2, 0.25) is 0 Å². The average molecular weight is 256 g/mol. The number of pyridine rings is 1. The number of nitrogens with zero attached hydrogens (tertiary/aromatic N) is 1. The molecule has 0 saturated heterocycles. The Bertz CT molecular complexity index is 242. The van der Waals surface area contributed by atoms with Gasteiger partial charge >= 0.3 is 0 Å². The van der Waals surface area contributed by atoms with E-state index >= 15 is 0 Å². The molecule has 1 aliphatic rings. The van der Waals surface area contributed by atoms with Crippen LogP contribution in [0.4, 0.5) is 0 Å². The van der Waals surface area contributed by atoms with E-state index in [1.165, 1.54) is 38.6 Å². The number of hydrogen-bond donors (Lipinski definition) is 0. The van der Waals surface area contributed by atoms with Crippen LogP contribution in [0.1, 0.15) is 32.1 Å². The molecule has 1 heterocycles. The summed E-state index contributed by atoms with van der Waals surface area (Å²) >= 11 is 0. The van der Waals surface area contributed by atoms with Crippen molar-refractivity contribution < 1.29 is 21.5 Å². The van der Waals surface area contributed by atoms with Crippen LogP contribution in [0.15, 0.2) is 30.6 Å². The predicted octanol–water partition coefficient (Wildman–Crippen LogP) is -0.442. The largest absolute Gasteiger partial charge is 1.00 e. The van der Waals surface area contributed by atoms with Crippen LogP contribution in [-0.4, -0.2) is 0 Å². The van der Waals surface area contributed by atoms with Gasteiger partial charge in [-0.2, -0.15) is 0 Å². The lowest BCUT2D eigenvalue weighted by Gasteiger charge is -2.18. The molecule has 1 saturated carbocycles. The van der Waals surface area contributed by atoms with Crippen LogP contribution in [-0.2, 0) is 6.54 Å². The molecule has 0 atom stereocenters. The van der Waals surface area contributed by atoms with E-state index in [1.807, 2.05) is 0 Å². The van der Waals surface area contributed by atoms with E-state index in [-0.39, 0.29) is 17.0 Å². The molecule has 0 bridgehead atoms. The predicted molar refractivity (Wildman–Crippen MR) is 53.2 cm³/mol. The Morgan fingerprint density at radius 3 is 2.21 bits per heavy atom. The summed E-state index contributed by atoms with van der Waals surface area (Å²) in [6, 6.07) is 6.31. The third-order valence-corrected chi connectivity index (χ3v) is 2.97. The normalized spacial score (nSPS) is 17.4. The second kappa shape index (κ2) is 6.18. The fraction of sp³-hybridized carbons (Fsp3) is 0.583. The zero-order valence-electron chi connectivity index (χ0n) is 8.53. The van der Waals surface area contributed by atoms with E-state index in [0.29, 0.717) is 0 Å². The van der Waals surface area contributed by atoms with Crippen molar-refractivity contribution in [2.75, 3.05) is 0 Å². The maximum atomic E-state index is 2.32. The molecule has 0 unspecified atom stereocenters. The number of aromatic nitrogens is 1. The first-order valence-corrected chi connectivity index (χ1v) is 5.39. The molecule has 2 rings (SSSR count). The van der Waals surface area contributed by atoms with Gasteiger partial charge in [-0.05, 0) is 12.8 Å². The van der Waals surface area contributed by atoms with Gasteiger partial charge in [0, 0.05) is 18.1 Å². The zero-order chi connectivity index (χ0) is 8.93. The highest BCUT2D eigenvalue weighted by Crippen LogP contribution is 2.23. The number of hydrogen-bond acceptors (Lipinski definition) is 0. The van der Waals surface area contributed by atoms with Crippen molar-refractivity contribution in [1.29, 1.82) is 0 Å². The first kappa shape index (κ1) is 11.7. The van der Waals surface area contributed by atoms with Gasteiger partial charge < -0.3 is 17.0 Å². The van der Waals surface area contributed by atoms with Crippen molar-refractivity contribution in [2.24, 2.45) is 5.92 Å². The SMILES string of the molecule is [Br-].c1cc[n+](CC2CCCCC2)cc1. The lowest BCUT2D eigenvalue weighted by molar-refractivity contribution is -0.703. The second-order valence-electron chi connectivity index (χ2n) is 4.08. The number of halogens is 1. The molecule has 1 nitrogen and oxygen atoms in total. The summed E-state index contributed by atoms with van der Waals surface area (Å²) in [5.41, 5.74) is 0. The van der Waals surface area contributed by atoms with E-state index in [4.69, 9.17) is 0 Å². The molecule has 0 spiro atoms. The molecule has 1 aliphatic carbocycles. The Hall–Kier alpha value is -0.370. The summed E-state index contributed by atoms with van der Waals surface area (Å²) in [5, 5.41) is 0. The molecule has 0 amide bonds. The average Bonchev–Trinajstić information content (AvgIpc) is 2.21. The topological polar surface area (TPSA) is 3.88 Å². The maximum Gasteiger partial charge on any atom is 0.168 e. The fourth-order valence-corrected chi connectivity index (χ4v) is 2.22. The standard InChI is InChI=1S/C12H18N.BrH/c1-3-7-12(8-4-1)11-13-9-5-2-6-10-13;/h2,5-6,9-10,12H,1,3-4,7-8,11H2;1H/q+1;/p-1. The van der Waals surface area contributed by atoms with Crippen LogP contribution < -0.4 is 21.5 Å². The van der Waals surface area contributed by atoms with E-state index < -0.39 is 0 Å². The molecule has 1 aromatic rings. The Morgan fingerprint density at radius 2 is 1.57 bits per heavy atom. The minimum atomic E-state index is 0. The highest BCUT2D eigenvalue weighted by molar-refractivity contribution is 4.83. The van der Waals surface area contributed by atoms with Crippen molar-refractivity contribution in [3.05, 3.63) is 30.6 Å². The minimum Gasteiger partial charge on any atom is -1.00 e. The summed E-state index contributed by atoms with van der Waals surface area (Å²) in [6.45, 7) is 1.22. The van der Waals surface area contributed by atoms with Gasteiger partial charge in [0.1, 0.15) is 0 Å². The van der Waals surface area contributed by atoms with Crippen LogP contribution in [0.3, 0.4) is 0 Å². The quantitative estimate of drug-likeness (QED) is 0.632. The molecule has 0 aliphatic heterocycles. The molecule has 0 radical (unpaired) electrons. The van der Waals surface area contributed by atoms with Crippen LogP contribution in [0, 0.1) is 5.92 Å². The Kier molecular flexibility index (Phi) is 5.16. The van der Waals surface area contributed by atoms with Gasteiger partial charge in [-0.15, -0.1) is 0 Å². The van der Waals surface area contributed by atoms with Crippen LogP contribution >= 0.6 is 0 Å². The third-order valence-electron chi connectivity index (χ3n) is 2.97. The summed E-state index contributed by atoms with van der Waals surface area (Å²) in [4.78, 5) is 0. The van der Waals surface area contributed by atoms with E-state index in [9.17, 15) is 0 Å². The lowest BCUT2D eigenvalue weighted by Crippen LogP contribution is -3.00. The van der Waals surface area contributed by atoms with Gasteiger partial charge in [0.2, 0.25) is 0 Å². The lowest BCUT2D eigenvalue weighted by atomic mass is 9.89. The molecular weight excluding hydrogens is 238 g/mol. The van der Waals surface area contributed by atoms with Crippen LogP contribution in [0.5, 0.6) is 0 Å². The molecule has 1 fully saturated rings. The molecular formula is C12H18BrN. The van der Waals surface area contributed by atoms with Crippen molar-refractivity contribution in [3.63, 3.8) is 0 Å². The molecule has 2 heteroatoms. The molecule has 14 heavy (non-hydrogen) atoms. The first-order valence-electron chi connectivity index (χ1n) is 5.39. The van der Waals surface area contributed by atoms with Gasteiger partial charge in [0.25, 0.3) is 0 Å². The third kappa shape index (κ3) is 3.41. The van der Waals surface area contributed by atoms with Gasteiger partial charge in [0.05, 0.1) is 0 Å². The zero-order valence-corrected chi connectivity index (χ0v) is 10.1. The molecule has 78 valence electrons. The Morgan fingerprint density at radius 1 is 0.929 bits per heavy atom. The molecule has 0 N–H and O–H groups in total. The smallest absolute Gasteiger partial charge is 0.168 e. The number of rotatable bonds is 2. The van der Waals surface area contributed by atoms with Crippen molar-refractivity contribution in [2.45, 2.75) is 38.6 Å². The van der Waals surface area contributed by atoms with Crippen LogP contribution in [0.25, 0.3) is 0 Å². The van der Waals surface area contributed by atoms with Crippen molar-refractivity contribution >= 4 is 0 Å². The Balaban J connectivity index is 0.000000980. The summed E-state index contributed by atoms with van der Waals surface area (Å²) in [5.74, 6) is 0.932. The molecule has 1 aromatic heterocycles. The highest BCUT2D eigenvalue weighted by Gasteiger charge is 2.16. The van der Waals surface area contributed by atoms with Gasteiger partial charge in [0.15, 0.2) is 18.9 Å². The van der Waals surface area contributed by atoms with E-state index in [2.05, 4.69) is 35.2 Å². The summed E-state index contributed by atoms with van der Waals surface area (Å²) in [7, 11) is 0.